The Labute approximate surface area is 186 Å². The van der Waals surface area contributed by atoms with E-state index in [0.717, 1.165) is 41.8 Å². The summed E-state index contributed by atoms with van der Waals surface area (Å²) in [6.07, 6.45) is 1.93. The number of carbonyl (C=O) groups excluding carboxylic acids is 1. The van der Waals surface area contributed by atoms with Crippen molar-refractivity contribution in [1.29, 1.82) is 0 Å². The molecule has 4 rings (SSSR count). The number of pyridine rings is 1. The Kier molecular flexibility index (Phi) is 6.23. The minimum absolute atomic E-state index is 0.0808. The maximum atomic E-state index is 13.0. The minimum Gasteiger partial charge on any atom is -0.348 e. The van der Waals surface area contributed by atoms with Gasteiger partial charge in [-0.25, -0.2) is 9.78 Å². The molecular weight excluding hydrogens is 406 g/mol. The number of fused-ring (bicyclic) bond motifs is 1. The first-order valence-electron chi connectivity index (χ1n) is 10.9. The van der Waals surface area contributed by atoms with E-state index in [4.69, 9.17) is 4.98 Å². The molecule has 3 heterocycles. The summed E-state index contributed by atoms with van der Waals surface area (Å²) in [5.74, 6) is 0.227. The van der Waals surface area contributed by atoms with Gasteiger partial charge >= 0.3 is 5.69 Å². The van der Waals surface area contributed by atoms with Crippen LogP contribution >= 0.6 is 0 Å². The number of amides is 1. The molecule has 2 aromatic heterocycles. The number of hydrogen-bond donors (Lipinski definition) is 0. The first kappa shape index (κ1) is 22.0. The molecule has 3 aromatic rings. The number of aromatic nitrogens is 3. The fourth-order valence-electron chi connectivity index (χ4n) is 4.28. The number of nitrogens with zero attached hydrogens (tertiary/aromatic N) is 5. The molecule has 32 heavy (non-hydrogen) atoms. The molecule has 1 amide bonds. The molecule has 1 aliphatic heterocycles. The molecule has 0 aliphatic carbocycles. The number of likely N-dealkylation sites (N-methyl/N-ethyl adjacent to an activating group) is 1. The largest absolute Gasteiger partial charge is 0.348 e. The summed E-state index contributed by atoms with van der Waals surface area (Å²) in [5.41, 5.74) is 1.52. The van der Waals surface area contributed by atoms with E-state index < -0.39 is 0 Å². The predicted octanol–water partition coefficient (Wildman–Crippen LogP) is 1.41. The number of rotatable bonds is 5. The third-order valence-corrected chi connectivity index (χ3v) is 6.17. The Morgan fingerprint density at radius 2 is 1.88 bits per heavy atom. The van der Waals surface area contributed by atoms with E-state index in [9.17, 15) is 14.4 Å². The molecule has 0 bridgehead atoms. The van der Waals surface area contributed by atoms with Crippen LogP contribution in [-0.2, 0) is 18.4 Å². The lowest BCUT2D eigenvalue weighted by atomic mass is 9.94. The van der Waals surface area contributed by atoms with Crippen LogP contribution in [0.4, 0.5) is 0 Å². The molecule has 0 saturated carbocycles. The smallest absolute Gasteiger partial charge is 0.332 e. The van der Waals surface area contributed by atoms with Crippen LogP contribution in [0.1, 0.15) is 30.0 Å². The quantitative estimate of drug-likeness (QED) is 0.605. The van der Waals surface area contributed by atoms with E-state index in [0.29, 0.717) is 24.1 Å². The number of benzene rings is 1. The summed E-state index contributed by atoms with van der Waals surface area (Å²) in [6.45, 7) is 2.33. The van der Waals surface area contributed by atoms with Gasteiger partial charge in [-0.1, -0.05) is 30.3 Å². The van der Waals surface area contributed by atoms with Gasteiger partial charge in [0, 0.05) is 39.3 Å². The van der Waals surface area contributed by atoms with Crippen molar-refractivity contribution in [2.24, 2.45) is 7.05 Å². The normalized spacial score (nSPS) is 16.9. The van der Waals surface area contributed by atoms with Crippen molar-refractivity contribution in [1.82, 2.24) is 23.9 Å². The van der Waals surface area contributed by atoms with E-state index in [1.807, 2.05) is 36.4 Å². The highest BCUT2D eigenvalue weighted by Crippen LogP contribution is 2.26. The number of piperidine rings is 1. The lowest BCUT2D eigenvalue weighted by Crippen LogP contribution is -2.42. The molecule has 0 N–H and O–H groups in total. The molecular formula is C24H29N5O3. The zero-order valence-corrected chi connectivity index (χ0v) is 18.8. The summed E-state index contributed by atoms with van der Waals surface area (Å²) in [5, 5.41) is 0.433. The van der Waals surface area contributed by atoms with Crippen molar-refractivity contribution in [2.75, 3.05) is 33.7 Å². The number of likely N-dealkylation sites (tertiary alicyclic amines) is 1. The highest BCUT2D eigenvalue weighted by atomic mass is 16.2. The Balaban J connectivity index is 1.72. The molecule has 0 spiro atoms. The van der Waals surface area contributed by atoms with Crippen molar-refractivity contribution >= 4 is 16.9 Å². The van der Waals surface area contributed by atoms with Crippen molar-refractivity contribution in [2.45, 2.75) is 25.3 Å². The topological polar surface area (TPSA) is 80.4 Å². The Hall–Kier alpha value is -3.26. The predicted molar refractivity (Wildman–Crippen MR) is 124 cm³/mol. The molecule has 1 saturated heterocycles. The second kappa shape index (κ2) is 9.08. The van der Waals surface area contributed by atoms with Crippen LogP contribution in [0, 0.1) is 0 Å². The Bertz CT molecular complexity index is 1250. The van der Waals surface area contributed by atoms with E-state index in [1.54, 1.807) is 29.6 Å². The van der Waals surface area contributed by atoms with Crippen molar-refractivity contribution < 1.29 is 4.79 Å². The van der Waals surface area contributed by atoms with Gasteiger partial charge in [0.05, 0.1) is 18.5 Å². The van der Waals surface area contributed by atoms with E-state index in [1.165, 1.54) is 7.05 Å². The van der Waals surface area contributed by atoms with Crippen LogP contribution in [0.2, 0.25) is 0 Å². The third kappa shape index (κ3) is 4.36. The van der Waals surface area contributed by atoms with Gasteiger partial charge in [-0.05, 0) is 37.1 Å². The average Bonchev–Trinajstić information content (AvgIpc) is 2.81. The highest BCUT2D eigenvalue weighted by Gasteiger charge is 2.25. The second-order valence-electron chi connectivity index (χ2n) is 8.69. The summed E-state index contributed by atoms with van der Waals surface area (Å²) in [6, 6.07) is 13.4. The van der Waals surface area contributed by atoms with Gasteiger partial charge in [0.2, 0.25) is 5.91 Å². The molecule has 1 fully saturated rings. The zero-order chi connectivity index (χ0) is 22.8. The van der Waals surface area contributed by atoms with Gasteiger partial charge in [-0.2, -0.15) is 0 Å². The van der Waals surface area contributed by atoms with E-state index in [-0.39, 0.29) is 23.1 Å². The van der Waals surface area contributed by atoms with Crippen LogP contribution in [0.15, 0.2) is 52.1 Å². The van der Waals surface area contributed by atoms with Crippen LogP contribution in [0.3, 0.4) is 0 Å². The Morgan fingerprint density at radius 1 is 1.12 bits per heavy atom. The summed E-state index contributed by atoms with van der Waals surface area (Å²) in [7, 11) is 5.03. The number of carbonyl (C=O) groups is 1. The molecule has 1 aliphatic rings. The molecule has 1 atom stereocenters. The monoisotopic (exact) mass is 435 g/mol. The van der Waals surface area contributed by atoms with Gasteiger partial charge < -0.3 is 4.90 Å². The molecule has 168 valence electrons. The minimum atomic E-state index is -0.377. The van der Waals surface area contributed by atoms with Crippen LogP contribution in [-0.4, -0.2) is 63.6 Å². The fraction of sp³-hybridized carbons (Fsp3) is 0.417. The SMILES string of the molecule is CN(C)C(=O)CN1CCCC(c2ccc3c(=O)n(C)c(=O)n(Cc4ccccc4)c3n2)C1. The Morgan fingerprint density at radius 3 is 2.59 bits per heavy atom. The van der Waals surface area contributed by atoms with Gasteiger partial charge in [-0.3, -0.25) is 23.6 Å². The van der Waals surface area contributed by atoms with Crippen molar-refractivity contribution in [3.8, 4) is 0 Å². The summed E-state index contributed by atoms with van der Waals surface area (Å²) < 4.78 is 2.72. The third-order valence-electron chi connectivity index (χ3n) is 6.17. The van der Waals surface area contributed by atoms with Gasteiger partial charge in [0.1, 0.15) is 5.65 Å². The standard InChI is InChI=1S/C24H29N5O3/c1-26(2)21(30)16-28-13-7-10-18(15-28)20-12-11-19-22(25-20)29(24(32)27(3)23(19)31)14-17-8-5-4-6-9-17/h4-6,8-9,11-12,18H,7,10,13-16H2,1-3H3. The summed E-state index contributed by atoms with van der Waals surface area (Å²) in [4.78, 5) is 46.5. The lowest BCUT2D eigenvalue weighted by Gasteiger charge is -2.32. The van der Waals surface area contributed by atoms with Gasteiger partial charge in [0.25, 0.3) is 5.56 Å². The first-order valence-corrected chi connectivity index (χ1v) is 10.9. The first-order chi connectivity index (χ1) is 15.3. The van der Waals surface area contributed by atoms with E-state index >= 15 is 0 Å². The van der Waals surface area contributed by atoms with Crippen molar-refractivity contribution in [3.05, 3.63) is 74.6 Å². The van der Waals surface area contributed by atoms with Crippen LogP contribution in [0.25, 0.3) is 11.0 Å². The average molecular weight is 436 g/mol. The van der Waals surface area contributed by atoms with Crippen molar-refractivity contribution in [3.63, 3.8) is 0 Å². The van der Waals surface area contributed by atoms with E-state index in [2.05, 4.69) is 4.90 Å². The molecule has 1 unspecified atom stereocenters. The second-order valence-corrected chi connectivity index (χ2v) is 8.69. The summed E-state index contributed by atoms with van der Waals surface area (Å²) >= 11 is 0. The maximum absolute atomic E-state index is 13.0. The zero-order valence-electron chi connectivity index (χ0n) is 18.8. The highest BCUT2D eigenvalue weighted by molar-refractivity contribution is 5.77. The molecule has 8 heteroatoms. The molecule has 1 aromatic carbocycles. The maximum Gasteiger partial charge on any atom is 0.332 e. The molecule has 8 nitrogen and oxygen atoms in total. The van der Waals surface area contributed by atoms with Gasteiger partial charge in [0.15, 0.2) is 0 Å². The lowest BCUT2D eigenvalue weighted by molar-refractivity contribution is -0.130. The van der Waals surface area contributed by atoms with Gasteiger partial charge in [-0.15, -0.1) is 0 Å². The fourth-order valence-corrected chi connectivity index (χ4v) is 4.28. The van der Waals surface area contributed by atoms with Crippen LogP contribution in [0.5, 0.6) is 0 Å². The van der Waals surface area contributed by atoms with Crippen LogP contribution < -0.4 is 11.2 Å². The number of hydrogen-bond acceptors (Lipinski definition) is 5. The molecule has 0 radical (unpaired) electrons.